The first kappa shape index (κ1) is 19.3. The molecule has 0 amide bonds. The molecule has 2 aromatic rings. The van der Waals surface area contributed by atoms with Crippen LogP contribution in [0.25, 0.3) is 17.2 Å². The normalized spacial score (nSPS) is 23.1. The van der Waals surface area contributed by atoms with Gasteiger partial charge in [-0.15, -0.1) is 22.7 Å². The molecule has 6 heteroatoms. The minimum absolute atomic E-state index is 0.577. The molecule has 3 aliphatic rings. The van der Waals surface area contributed by atoms with Gasteiger partial charge in [0.15, 0.2) is 23.0 Å². The number of ether oxygens (including phenoxy) is 4. The molecule has 0 unspecified atom stereocenters. The summed E-state index contributed by atoms with van der Waals surface area (Å²) >= 11 is 3.41. The topological polar surface area (TPSA) is 36.9 Å². The van der Waals surface area contributed by atoms with E-state index < -0.39 is 0 Å². The highest BCUT2D eigenvalue weighted by Gasteiger charge is 2.25. The molecule has 0 radical (unpaired) electrons. The van der Waals surface area contributed by atoms with E-state index in [2.05, 4.69) is 49.5 Å². The lowest BCUT2D eigenvalue weighted by Crippen LogP contribution is -2.15. The van der Waals surface area contributed by atoms with Gasteiger partial charge in [0.25, 0.3) is 0 Å². The van der Waals surface area contributed by atoms with Gasteiger partial charge in [-0.3, -0.25) is 0 Å². The van der Waals surface area contributed by atoms with Crippen LogP contribution in [0.2, 0.25) is 0 Å². The average Bonchev–Trinajstić information content (AvgIpc) is 3.27. The van der Waals surface area contributed by atoms with Crippen LogP contribution in [-0.2, 0) is 0 Å². The van der Waals surface area contributed by atoms with Gasteiger partial charge < -0.3 is 18.9 Å². The van der Waals surface area contributed by atoms with E-state index in [0.717, 1.165) is 53.7 Å². The van der Waals surface area contributed by atoms with Crippen molar-refractivity contribution in [3.05, 3.63) is 62.0 Å². The van der Waals surface area contributed by atoms with Crippen molar-refractivity contribution < 1.29 is 18.9 Å². The quantitative estimate of drug-likeness (QED) is 0.565. The summed E-state index contributed by atoms with van der Waals surface area (Å²) in [7, 11) is 0. The second kappa shape index (κ2) is 8.20. The second-order valence-corrected chi connectivity index (χ2v) is 9.23. The summed E-state index contributed by atoms with van der Waals surface area (Å²) < 4.78 is 23.6. The summed E-state index contributed by atoms with van der Waals surface area (Å²) in [6.07, 6.45) is 16.8. The van der Waals surface area contributed by atoms with E-state index in [4.69, 9.17) is 18.9 Å². The minimum atomic E-state index is 0.577. The third kappa shape index (κ3) is 3.40. The number of fused-ring (bicyclic) bond motifs is 2. The van der Waals surface area contributed by atoms with Crippen LogP contribution in [0.1, 0.15) is 26.4 Å². The van der Waals surface area contributed by atoms with Gasteiger partial charge in [0.2, 0.25) is 0 Å². The summed E-state index contributed by atoms with van der Waals surface area (Å²) in [6, 6.07) is 0. The van der Waals surface area contributed by atoms with Crippen molar-refractivity contribution in [2.45, 2.75) is 13.8 Å². The Morgan fingerprint density at radius 3 is 1.90 bits per heavy atom. The Labute approximate surface area is 184 Å². The summed E-state index contributed by atoms with van der Waals surface area (Å²) in [5.74, 6) is 3.46. The monoisotopic (exact) mass is 438 g/mol. The molecule has 0 spiro atoms. The highest BCUT2D eigenvalue weighted by atomic mass is 32.1. The number of allylic oxidation sites excluding steroid dienone is 9. The molecule has 4 heterocycles. The Kier molecular flexibility index (Phi) is 5.27. The smallest absolute Gasteiger partial charge is 0.180 e. The number of thiophene rings is 2. The largest absolute Gasteiger partial charge is 0.485 e. The van der Waals surface area contributed by atoms with Crippen molar-refractivity contribution in [1.82, 2.24) is 0 Å². The van der Waals surface area contributed by atoms with Crippen LogP contribution in [0.4, 0.5) is 0 Å². The first-order chi connectivity index (χ1) is 14.8. The molecule has 0 saturated carbocycles. The lowest BCUT2D eigenvalue weighted by molar-refractivity contribution is 0.172. The molecule has 0 fully saturated rings. The van der Waals surface area contributed by atoms with Gasteiger partial charge in [-0.1, -0.05) is 42.5 Å². The van der Waals surface area contributed by atoms with Crippen LogP contribution < -0.4 is 18.9 Å². The van der Waals surface area contributed by atoms with Crippen LogP contribution in [0, 0.1) is 6.92 Å². The molecule has 5 rings (SSSR count). The van der Waals surface area contributed by atoms with Crippen molar-refractivity contribution in [2.75, 3.05) is 26.4 Å². The van der Waals surface area contributed by atoms with Crippen molar-refractivity contribution in [3.63, 3.8) is 0 Å². The molecule has 1 aliphatic carbocycles. The third-order valence-electron chi connectivity index (χ3n) is 4.93. The first-order valence-corrected chi connectivity index (χ1v) is 11.6. The van der Waals surface area contributed by atoms with E-state index >= 15 is 0 Å². The molecule has 4 nitrogen and oxygen atoms in total. The fourth-order valence-corrected chi connectivity index (χ4v) is 5.85. The predicted octanol–water partition coefficient (Wildman–Crippen LogP) is 6.29. The van der Waals surface area contributed by atoms with E-state index in [1.807, 2.05) is 13.0 Å². The molecule has 2 aliphatic heterocycles. The maximum atomic E-state index is 5.97. The summed E-state index contributed by atoms with van der Waals surface area (Å²) in [6.45, 7) is 6.45. The lowest BCUT2D eigenvalue weighted by atomic mass is 10.1. The fraction of sp³-hybridized carbons (Fsp3) is 0.250. The van der Waals surface area contributed by atoms with Crippen LogP contribution >= 0.6 is 22.7 Å². The number of aryl methyl sites for hydroxylation is 1. The molecule has 0 bridgehead atoms. The van der Waals surface area contributed by atoms with Gasteiger partial charge in [-0.05, 0) is 31.1 Å². The first-order valence-electron chi connectivity index (χ1n) is 9.98. The Bertz CT molecular complexity index is 1120. The molecule has 2 aromatic heterocycles. The Morgan fingerprint density at radius 1 is 0.733 bits per heavy atom. The molecule has 0 saturated heterocycles. The Morgan fingerprint density at radius 2 is 1.27 bits per heavy atom. The predicted molar refractivity (Wildman–Crippen MR) is 124 cm³/mol. The van der Waals surface area contributed by atoms with Crippen LogP contribution in [0.3, 0.4) is 0 Å². The second-order valence-electron chi connectivity index (χ2n) is 6.96. The molecular weight excluding hydrogens is 416 g/mol. The molecule has 0 aromatic carbocycles. The van der Waals surface area contributed by atoms with Gasteiger partial charge in [-0.2, -0.15) is 0 Å². The Balaban J connectivity index is 1.48. The van der Waals surface area contributed by atoms with Crippen molar-refractivity contribution in [1.29, 1.82) is 0 Å². The summed E-state index contributed by atoms with van der Waals surface area (Å²) in [5.41, 5.74) is 2.22. The van der Waals surface area contributed by atoms with Crippen LogP contribution in [0.15, 0.2) is 42.5 Å². The van der Waals surface area contributed by atoms with E-state index in [1.54, 1.807) is 22.7 Å². The molecule has 30 heavy (non-hydrogen) atoms. The minimum Gasteiger partial charge on any atom is -0.485 e. The van der Waals surface area contributed by atoms with Gasteiger partial charge in [-0.25, -0.2) is 0 Å². The van der Waals surface area contributed by atoms with E-state index in [1.165, 1.54) is 0 Å². The fourth-order valence-electron chi connectivity index (χ4n) is 3.63. The van der Waals surface area contributed by atoms with Gasteiger partial charge >= 0.3 is 0 Å². The van der Waals surface area contributed by atoms with Crippen LogP contribution in [-0.4, -0.2) is 26.4 Å². The zero-order valence-electron chi connectivity index (χ0n) is 16.9. The molecule has 0 atom stereocenters. The zero-order valence-corrected chi connectivity index (χ0v) is 18.5. The van der Waals surface area contributed by atoms with E-state index in [0.29, 0.717) is 26.4 Å². The summed E-state index contributed by atoms with van der Waals surface area (Å²) in [5, 5.41) is 0. The van der Waals surface area contributed by atoms with Crippen molar-refractivity contribution in [3.8, 4) is 23.0 Å². The average molecular weight is 439 g/mol. The standard InChI is InChI=1S/C24H22O4S2/c1-3-6-18-20-22(28-14-12-26-20)24(30-18)17-9-4-7-16(8-5-10-17)23-21-19(15(2)29-23)25-11-13-27-21/h3-10H,11-14H2,1-2H3/b6-3+,7-4-,8-5?,9-4?,10-5-,16-7?,16-8+,17-9+,17-10?. The maximum absolute atomic E-state index is 5.97. The van der Waals surface area contributed by atoms with Gasteiger partial charge in [0.1, 0.15) is 26.4 Å². The summed E-state index contributed by atoms with van der Waals surface area (Å²) in [4.78, 5) is 4.45. The number of hydrogen-bond donors (Lipinski definition) is 0. The van der Waals surface area contributed by atoms with E-state index in [9.17, 15) is 0 Å². The molecular formula is C24H22O4S2. The molecule has 154 valence electrons. The molecule has 0 N–H and O–H groups in total. The third-order valence-corrected chi connectivity index (χ3v) is 7.22. The van der Waals surface area contributed by atoms with Crippen molar-refractivity contribution in [2.24, 2.45) is 0 Å². The van der Waals surface area contributed by atoms with Crippen molar-refractivity contribution >= 4 is 39.9 Å². The highest BCUT2D eigenvalue weighted by molar-refractivity contribution is 7.15. The van der Waals surface area contributed by atoms with Gasteiger partial charge in [0, 0.05) is 4.88 Å². The van der Waals surface area contributed by atoms with Crippen LogP contribution in [0.5, 0.6) is 23.0 Å². The van der Waals surface area contributed by atoms with E-state index in [-0.39, 0.29) is 0 Å². The SMILES string of the molecule is C/C=C/c1sc(C2=C/C=C\C(c3sc(C)c4c3OCCO4)=C/C=C\2)c2c1OCCO2. The number of hydrogen-bond acceptors (Lipinski definition) is 6. The number of rotatable bonds is 3. The van der Waals surface area contributed by atoms with Gasteiger partial charge in [0.05, 0.1) is 14.6 Å². The lowest BCUT2D eigenvalue weighted by Gasteiger charge is -2.17. The Hall–Kier alpha value is -2.70. The maximum Gasteiger partial charge on any atom is 0.180 e. The zero-order chi connectivity index (χ0) is 20.5. The highest BCUT2D eigenvalue weighted by Crippen LogP contribution is 2.49.